The van der Waals surface area contributed by atoms with Gasteiger partial charge in [0, 0.05) is 11.8 Å². The van der Waals surface area contributed by atoms with E-state index in [1.807, 2.05) is 60.7 Å². The summed E-state index contributed by atoms with van der Waals surface area (Å²) in [5, 5.41) is 2.87. The summed E-state index contributed by atoms with van der Waals surface area (Å²) in [6.45, 7) is 2.82. The van der Waals surface area contributed by atoms with Crippen LogP contribution in [0.2, 0.25) is 0 Å². The normalized spacial score (nSPS) is 10.6. The Hall–Kier alpha value is -2.79. The molecule has 1 amide bonds. The Morgan fingerprint density at radius 2 is 1.66 bits per heavy atom. The first-order valence-corrected chi connectivity index (χ1v) is 12.0. The monoisotopic (exact) mass is 495 g/mol. The second-order valence-electron chi connectivity index (χ2n) is 7.64. The molecule has 0 spiro atoms. The van der Waals surface area contributed by atoms with E-state index in [-0.39, 0.29) is 12.5 Å². The maximum absolute atomic E-state index is 12.4. The second-order valence-corrected chi connectivity index (χ2v) is 8.49. The molecule has 3 rings (SSSR count). The molecule has 3 aromatic carbocycles. The van der Waals surface area contributed by atoms with Gasteiger partial charge in [0.05, 0.1) is 11.1 Å². The third-order valence-corrected chi connectivity index (χ3v) is 5.65. The zero-order chi connectivity index (χ0) is 22.6. The fraction of sp³-hybridized carbons (Fsp3) is 0.296. The van der Waals surface area contributed by atoms with Crippen LogP contribution in [0.3, 0.4) is 0 Å². The molecule has 0 aliphatic carbocycles. The first-order valence-electron chi connectivity index (χ1n) is 11.2. The zero-order valence-electron chi connectivity index (χ0n) is 18.5. The number of amides is 1. The molecule has 0 radical (unpaired) electrons. The Labute approximate surface area is 199 Å². The van der Waals surface area contributed by atoms with Crippen molar-refractivity contribution in [2.75, 3.05) is 18.5 Å². The Bertz CT molecular complexity index is 991. The SMILES string of the molecule is CCCCCCCOc1cccc(NC(=O)COc2ccc(-c3ccccc3)cc2Br)c1. The van der Waals surface area contributed by atoms with Crippen molar-refractivity contribution in [3.05, 3.63) is 77.3 Å². The standard InChI is InChI=1S/C27H30BrNO3/c1-2-3-4-5-9-17-31-24-14-10-13-23(19-24)29-27(30)20-32-26-16-15-22(18-25(26)28)21-11-7-6-8-12-21/h6-8,10-16,18-19H,2-5,9,17,20H2,1H3,(H,29,30). The summed E-state index contributed by atoms with van der Waals surface area (Å²) in [5.74, 6) is 1.17. The van der Waals surface area contributed by atoms with Crippen molar-refractivity contribution in [1.29, 1.82) is 0 Å². The average Bonchev–Trinajstić information content (AvgIpc) is 2.81. The molecule has 0 heterocycles. The van der Waals surface area contributed by atoms with E-state index in [0.717, 1.165) is 27.8 Å². The minimum atomic E-state index is -0.222. The summed E-state index contributed by atoms with van der Waals surface area (Å²) in [7, 11) is 0. The number of rotatable bonds is 12. The van der Waals surface area contributed by atoms with Crippen LogP contribution < -0.4 is 14.8 Å². The Balaban J connectivity index is 1.47. The number of nitrogens with one attached hydrogen (secondary N) is 1. The molecule has 32 heavy (non-hydrogen) atoms. The maximum Gasteiger partial charge on any atom is 0.262 e. The number of benzene rings is 3. The fourth-order valence-electron chi connectivity index (χ4n) is 3.33. The number of halogens is 1. The Morgan fingerprint density at radius 3 is 2.44 bits per heavy atom. The lowest BCUT2D eigenvalue weighted by Crippen LogP contribution is -2.20. The molecule has 3 aromatic rings. The van der Waals surface area contributed by atoms with Crippen LogP contribution >= 0.6 is 15.9 Å². The van der Waals surface area contributed by atoms with Gasteiger partial charge in [-0.15, -0.1) is 0 Å². The van der Waals surface area contributed by atoms with Crippen molar-refractivity contribution in [2.45, 2.75) is 39.0 Å². The number of hydrogen-bond donors (Lipinski definition) is 1. The van der Waals surface area contributed by atoms with Crippen LogP contribution in [-0.4, -0.2) is 19.1 Å². The molecule has 168 valence electrons. The third kappa shape index (κ3) is 7.72. The predicted octanol–water partition coefficient (Wildman–Crippen LogP) is 7.48. The quantitative estimate of drug-likeness (QED) is 0.265. The smallest absolute Gasteiger partial charge is 0.262 e. The molecule has 0 saturated carbocycles. The predicted molar refractivity (Wildman–Crippen MR) is 134 cm³/mol. The molecule has 1 N–H and O–H groups in total. The Kier molecular flexibility index (Phi) is 9.63. The highest BCUT2D eigenvalue weighted by Crippen LogP contribution is 2.30. The molecule has 0 atom stereocenters. The number of carbonyl (C=O) groups is 1. The molecule has 5 heteroatoms. The van der Waals surface area contributed by atoms with Gasteiger partial charge in [0.1, 0.15) is 11.5 Å². The molecule has 0 aliphatic rings. The number of carbonyl (C=O) groups excluding carboxylic acids is 1. The number of ether oxygens (including phenoxy) is 2. The number of anilines is 1. The minimum absolute atomic E-state index is 0.0776. The number of unbranched alkanes of at least 4 members (excludes halogenated alkanes) is 4. The van der Waals surface area contributed by atoms with Gasteiger partial charge >= 0.3 is 0 Å². The largest absolute Gasteiger partial charge is 0.494 e. The van der Waals surface area contributed by atoms with Gasteiger partial charge < -0.3 is 14.8 Å². The van der Waals surface area contributed by atoms with Crippen molar-refractivity contribution < 1.29 is 14.3 Å². The summed E-state index contributed by atoms with van der Waals surface area (Å²) < 4.78 is 12.3. The van der Waals surface area contributed by atoms with Crippen LogP contribution in [0.25, 0.3) is 11.1 Å². The van der Waals surface area contributed by atoms with Crippen LogP contribution in [0, 0.1) is 0 Å². The van der Waals surface area contributed by atoms with Crippen LogP contribution in [0.1, 0.15) is 39.0 Å². The molecule has 4 nitrogen and oxygen atoms in total. The van der Waals surface area contributed by atoms with Crippen molar-refractivity contribution in [2.24, 2.45) is 0 Å². The first kappa shape index (κ1) is 23.9. The van der Waals surface area contributed by atoms with E-state index in [1.165, 1.54) is 25.7 Å². The molecular weight excluding hydrogens is 466 g/mol. The van der Waals surface area contributed by atoms with Gasteiger partial charge in [0.2, 0.25) is 0 Å². The van der Waals surface area contributed by atoms with E-state index in [2.05, 4.69) is 40.3 Å². The zero-order valence-corrected chi connectivity index (χ0v) is 20.1. The summed E-state index contributed by atoms with van der Waals surface area (Å²) in [6.07, 6.45) is 5.99. The van der Waals surface area contributed by atoms with E-state index in [4.69, 9.17) is 9.47 Å². The van der Waals surface area contributed by atoms with Crippen molar-refractivity contribution in [1.82, 2.24) is 0 Å². The van der Waals surface area contributed by atoms with Crippen LogP contribution in [0.4, 0.5) is 5.69 Å². The minimum Gasteiger partial charge on any atom is -0.494 e. The van der Waals surface area contributed by atoms with Gasteiger partial charge in [-0.05, 0) is 57.7 Å². The fourth-order valence-corrected chi connectivity index (χ4v) is 3.82. The molecular formula is C27H30BrNO3. The van der Waals surface area contributed by atoms with Gasteiger partial charge in [-0.25, -0.2) is 0 Å². The van der Waals surface area contributed by atoms with E-state index >= 15 is 0 Å². The Morgan fingerprint density at radius 1 is 0.844 bits per heavy atom. The molecule has 0 bridgehead atoms. The van der Waals surface area contributed by atoms with Crippen LogP contribution in [-0.2, 0) is 4.79 Å². The lowest BCUT2D eigenvalue weighted by atomic mass is 10.1. The third-order valence-electron chi connectivity index (χ3n) is 5.03. The highest BCUT2D eigenvalue weighted by Gasteiger charge is 2.08. The van der Waals surface area contributed by atoms with Crippen LogP contribution in [0.5, 0.6) is 11.5 Å². The molecule has 0 unspecified atom stereocenters. The molecule has 0 aromatic heterocycles. The topological polar surface area (TPSA) is 47.6 Å². The highest BCUT2D eigenvalue weighted by atomic mass is 79.9. The van der Waals surface area contributed by atoms with E-state index < -0.39 is 0 Å². The summed E-state index contributed by atoms with van der Waals surface area (Å²) in [4.78, 5) is 12.4. The average molecular weight is 496 g/mol. The van der Waals surface area contributed by atoms with Gasteiger partial charge in [0.15, 0.2) is 6.61 Å². The second kappa shape index (κ2) is 12.9. The van der Waals surface area contributed by atoms with Crippen molar-refractivity contribution in [3.8, 4) is 22.6 Å². The van der Waals surface area contributed by atoms with Crippen LogP contribution in [0.15, 0.2) is 77.3 Å². The summed E-state index contributed by atoms with van der Waals surface area (Å²) in [5.41, 5.74) is 2.90. The van der Waals surface area contributed by atoms with Gasteiger partial charge in [-0.1, -0.05) is 75.1 Å². The van der Waals surface area contributed by atoms with E-state index in [9.17, 15) is 4.79 Å². The maximum atomic E-state index is 12.4. The lowest BCUT2D eigenvalue weighted by Gasteiger charge is -2.11. The van der Waals surface area contributed by atoms with E-state index in [0.29, 0.717) is 18.0 Å². The van der Waals surface area contributed by atoms with E-state index in [1.54, 1.807) is 0 Å². The van der Waals surface area contributed by atoms with Gasteiger partial charge in [-0.3, -0.25) is 4.79 Å². The lowest BCUT2D eigenvalue weighted by molar-refractivity contribution is -0.118. The highest BCUT2D eigenvalue weighted by molar-refractivity contribution is 9.10. The van der Waals surface area contributed by atoms with Crippen molar-refractivity contribution >= 4 is 27.5 Å². The first-order chi connectivity index (χ1) is 15.7. The summed E-state index contributed by atoms with van der Waals surface area (Å²) >= 11 is 3.54. The molecule has 0 aliphatic heterocycles. The van der Waals surface area contributed by atoms with Crippen molar-refractivity contribution in [3.63, 3.8) is 0 Å². The van der Waals surface area contributed by atoms with Gasteiger partial charge in [0.25, 0.3) is 5.91 Å². The summed E-state index contributed by atoms with van der Waals surface area (Å²) in [6, 6.07) is 23.4. The molecule has 0 saturated heterocycles. The number of hydrogen-bond acceptors (Lipinski definition) is 3. The molecule has 0 fully saturated rings. The van der Waals surface area contributed by atoms with Gasteiger partial charge in [-0.2, -0.15) is 0 Å².